The van der Waals surface area contributed by atoms with Gasteiger partial charge in [0.25, 0.3) is 0 Å². The summed E-state index contributed by atoms with van der Waals surface area (Å²) < 4.78 is 0. The largest absolute Gasteiger partial charge is 0.371 e. The number of hydrogen-bond acceptors (Lipinski definition) is 3. The molecule has 1 fully saturated rings. The van der Waals surface area contributed by atoms with Gasteiger partial charge in [-0.05, 0) is 25.0 Å². The third-order valence-electron chi connectivity index (χ3n) is 3.00. The van der Waals surface area contributed by atoms with Crippen LogP contribution in [0.15, 0.2) is 30.3 Å². The van der Waals surface area contributed by atoms with E-state index in [1.807, 2.05) is 18.2 Å². The quantitative estimate of drug-likeness (QED) is 0.749. The summed E-state index contributed by atoms with van der Waals surface area (Å²) in [4.78, 5) is 2.28. The first-order chi connectivity index (χ1) is 7.23. The number of nitrogens with zero attached hydrogens (tertiary/aromatic N) is 2. The Morgan fingerprint density at radius 1 is 1.20 bits per heavy atom. The van der Waals surface area contributed by atoms with Crippen LogP contribution in [-0.4, -0.2) is 18.6 Å². The van der Waals surface area contributed by atoms with Crippen LogP contribution in [0, 0.1) is 11.3 Å². The van der Waals surface area contributed by atoms with Crippen molar-refractivity contribution in [2.24, 2.45) is 5.73 Å². The van der Waals surface area contributed by atoms with E-state index in [1.165, 1.54) is 5.69 Å². The van der Waals surface area contributed by atoms with E-state index in [9.17, 15) is 0 Å². The van der Waals surface area contributed by atoms with Crippen LogP contribution in [-0.2, 0) is 0 Å². The second kappa shape index (κ2) is 3.92. The smallest absolute Gasteiger partial charge is 0.107 e. The average molecular weight is 201 g/mol. The fourth-order valence-corrected chi connectivity index (χ4v) is 1.91. The number of rotatable bonds is 1. The first-order valence-electron chi connectivity index (χ1n) is 5.24. The van der Waals surface area contributed by atoms with Crippen LogP contribution in [0.3, 0.4) is 0 Å². The molecule has 0 radical (unpaired) electrons. The van der Waals surface area contributed by atoms with Crippen molar-refractivity contribution in [2.45, 2.75) is 18.4 Å². The third-order valence-corrected chi connectivity index (χ3v) is 3.00. The highest BCUT2D eigenvalue weighted by molar-refractivity contribution is 5.46. The number of nitriles is 1. The summed E-state index contributed by atoms with van der Waals surface area (Å²) >= 11 is 0. The molecular formula is C12H15N3. The van der Waals surface area contributed by atoms with Gasteiger partial charge in [0.15, 0.2) is 0 Å². The molecule has 3 nitrogen and oxygen atoms in total. The number of anilines is 1. The Morgan fingerprint density at radius 3 is 2.33 bits per heavy atom. The van der Waals surface area contributed by atoms with E-state index in [0.29, 0.717) is 0 Å². The van der Waals surface area contributed by atoms with Gasteiger partial charge < -0.3 is 10.6 Å². The van der Waals surface area contributed by atoms with Gasteiger partial charge in [0.1, 0.15) is 5.54 Å². The maximum Gasteiger partial charge on any atom is 0.107 e. The average Bonchev–Trinajstić information content (AvgIpc) is 2.31. The molecule has 78 valence electrons. The zero-order valence-corrected chi connectivity index (χ0v) is 8.69. The lowest BCUT2D eigenvalue weighted by Gasteiger charge is -2.36. The molecule has 0 bridgehead atoms. The first kappa shape index (κ1) is 10.0. The van der Waals surface area contributed by atoms with E-state index in [0.717, 1.165) is 25.9 Å². The predicted molar refractivity (Wildman–Crippen MR) is 60.4 cm³/mol. The molecule has 0 spiro atoms. The van der Waals surface area contributed by atoms with Gasteiger partial charge >= 0.3 is 0 Å². The molecule has 3 heteroatoms. The molecule has 0 aliphatic carbocycles. The highest BCUT2D eigenvalue weighted by Gasteiger charge is 2.30. The molecule has 15 heavy (non-hydrogen) atoms. The normalized spacial score (nSPS) is 19.6. The Bertz CT molecular complexity index is 358. The van der Waals surface area contributed by atoms with Gasteiger partial charge in [-0.25, -0.2) is 0 Å². The number of piperidine rings is 1. The molecule has 0 saturated carbocycles. The van der Waals surface area contributed by atoms with Crippen molar-refractivity contribution in [3.63, 3.8) is 0 Å². The fourth-order valence-electron chi connectivity index (χ4n) is 1.91. The molecule has 0 aromatic heterocycles. The summed E-state index contributed by atoms with van der Waals surface area (Å²) in [7, 11) is 0. The first-order valence-corrected chi connectivity index (χ1v) is 5.24. The molecule has 1 aliphatic rings. The zero-order valence-electron chi connectivity index (χ0n) is 8.69. The Morgan fingerprint density at radius 2 is 1.80 bits per heavy atom. The van der Waals surface area contributed by atoms with Gasteiger partial charge in [-0.15, -0.1) is 0 Å². The van der Waals surface area contributed by atoms with E-state index in [4.69, 9.17) is 11.0 Å². The Hall–Kier alpha value is -1.53. The predicted octanol–water partition coefficient (Wildman–Crippen LogP) is 1.51. The number of benzene rings is 1. The molecule has 1 aromatic rings. The van der Waals surface area contributed by atoms with Crippen molar-refractivity contribution < 1.29 is 0 Å². The fraction of sp³-hybridized carbons (Fsp3) is 0.417. The van der Waals surface area contributed by atoms with Crippen molar-refractivity contribution in [3.05, 3.63) is 30.3 Å². The SMILES string of the molecule is N#CC1(N)CCN(c2ccccc2)CC1. The molecule has 0 amide bonds. The minimum atomic E-state index is -0.606. The summed E-state index contributed by atoms with van der Waals surface area (Å²) in [6.07, 6.45) is 1.50. The molecule has 1 aromatic carbocycles. The van der Waals surface area contributed by atoms with Crippen molar-refractivity contribution in [1.82, 2.24) is 0 Å². The monoisotopic (exact) mass is 201 g/mol. The second-order valence-corrected chi connectivity index (χ2v) is 4.09. The van der Waals surface area contributed by atoms with E-state index in [2.05, 4.69) is 23.1 Å². The maximum atomic E-state index is 8.91. The molecule has 1 saturated heterocycles. The summed E-state index contributed by atoms with van der Waals surface area (Å²) in [5.74, 6) is 0. The van der Waals surface area contributed by atoms with E-state index >= 15 is 0 Å². The summed E-state index contributed by atoms with van der Waals surface area (Å²) in [6, 6.07) is 12.5. The van der Waals surface area contributed by atoms with Crippen molar-refractivity contribution in [3.8, 4) is 6.07 Å². The van der Waals surface area contributed by atoms with E-state index in [1.54, 1.807) is 0 Å². The van der Waals surface area contributed by atoms with Crippen molar-refractivity contribution in [1.29, 1.82) is 5.26 Å². The lowest BCUT2D eigenvalue weighted by Crippen LogP contribution is -2.49. The summed E-state index contributed by atoms with van der Waals surface area (Å²) in [6.45, 7) is 1.74. The highest BCUT2D eigenvalue weighted by Crippen LogP contribution is 2.23. The standard InChI is InChI=1S/C12H15N3/c13-10-12(14)6-8-15(9-7-12)11-4-2-1-3-5-11/h1-5H,6-9,14H2. The Balaban J connectivity index is 2.04. The van der Waals surface area contributed by atoms with Crippen LogP contribution in [0.5, 0.6) is 0 Å². The molecule has 1 aliphatic heterocycles. The number of nitrogens with two attached hydrogens (primary N) is 1. The molecule has 1 heterocycles. The van der Waals surface area contributed by atoms with E-state index in [-0.39, 0.29) is 0 Å². The molecule has 2 N–H and O–H groups in total. The van der Waals surface area contributed by atoms with Crippen LogP contribution in [0.1, 0.15) is 12.8 Å². The Kier molecular flexibility index (Phi) is 2.61. The number of hydrogen-bond donors (Lipinski definition) is 1. The van der Waals surface area contributed by atoms with Gasteiger partial charge in [-0.1, -0.05) is 18.2 Å². The van der Waals surface area contributed by atoms with Gasteiger partial charge in [0.05, 0.1) is 6.07 Å². The topological polar surface area (TPSA) is 53.1 Å². The van der Waals surface area contributed by atoms with Gasteiger partial charge in [-0.3, -0.25) is 0 Å². The molecule has 0 unspecified atom stereocenters. The molecular weight excluding hydrogens is 186 g/mol. The Labute approximate surface area is 90.1 Å². The van der Waals surface area contributed by atoms with Gasteiger partial charge in [0, 0.05) is 18.8 Å². The zero-order chi connectivity index (χ0) is 10.7. The maximum absolute atomic E-state index is 8.91. The van der Waals surface area contributed by atoms with Gasteiger partial charge in [-0.2, -0.15) is 5.26 Å². The van der Waals surface area contributed by atoms with Crippen molar-refractivity contribution in [2.75, 3.05) is 18.0 Å². The molecule has 2 rings (SSSR count). The van der Waals surface area contributed by atoms with Crippen LogP contribution in [0.25, 0.3) is 0 Å². The van der Waals surface area contributed by atoms with Crippen LogP contribution in [0.4, 0.5) is 5.69 Å². The highest BCUT2D eigenvalue weighted by atomic mass is 15.1. The lowest BCUT2D eigenvalue weighted by atomic mass is 9.90. The lowest BCUT2D eigenvalue weighted by molar-refractivity contribution is 0.415. The van der Waals surface area contributed by atoms with Crippen LogP contribution < -0.4 is 10.6 Å². The summed E-state index contributed by atoms with van der Waals surface area (Å²) in [5, 5.41) is 8.91. The second-order valence-electron chi connectivity index (χ2n) is 4.09. The minimum Gasteiger partial charge on any atom is -0.371 e. The van der Waals surface area contributed by atoms with E-state index < -0.39 is 5.54 Å². The summed E-state index contributed by atoms with van der Waals surface area (Å²) in [5.41, 5.74) is 6.52. The van der Waals surface area contributed by atoms with Gasteiger partial charge in [0.2, 0.25) is 0 Å². The third kappa shape index (κ3) is 2.11. The number of para-hydroxylation sites is 1. The van der Waals surface area contributed by atoms with Crippen LogP contribution in [0.2, 0.25) is 0 Å². The van der Waals surface area contributed by atoms with Crippen molar-refractivity contribution >= 4 is 5.69 Å². The van der Waals surface area contributed by atoms with Crippen LogP contribution >= 0.6 is 0 Å². The molecule has 0 atom stereocenters. The minimum absolute atomic E-state index is 0.606.